The summed E-state index contributed by atoms with van der Waals surface area (Å²) >= 11 is 0. The van der Waals surface area contributed by atoms with Crippen LogP contribution in [0.15, 0.2) is 11.6 Å². The Balaban J connectivity index is 1.09. The molecule has 0 aromatic rings. The maximum atomic E-state index is 13.0. The van der Waals surface area contributed by atoms with Crippen LogP contribution in [0.3, 0.4) is 0 Å². The third-order valence-corrected chi connectivity index (χ3v) is 9.63. The molecule has 4 aliphatic heterocycles. The Hall–Kier alpha value is -1.68. The van der Waals surface area contributed by atoms with Crippen molar-refractivity contribution in [2.24, 2.45) is 17.3 Å². The van der Waals surface area contributed by atoms with Crippen LogP contribution in [0.5, 0.6) is 0 Å². The number of rotatable bonds is 9. The Labute approximate surface area is 227 Å². The van der Waals surface area contributed by atoms with Crippen molar-refractivity contribution in [1.82, 2.24) is 14.7 Å². The highest BCUT2D eigenvalue weighted by atomic mass is 16.6. The average molecular weight is 534 g/mol. The molecule has 0 unspecified atom stereocenters. The topological polar surface area (TPSA) is 87.4 Å². The molecule has 214 valence electrons. The van der Waals surface area contributed by atoms with Gasteiger partial charge in [0, 0.05) is 47.4 Å². The predicted molar refractivity (Wildman–Crippen MR) is 143 cm³/mol. The van der Waals surface area contributed by atoms with Crippen molar-refractivity contribution in [1.29, 1.82) is 0 Å². The van der Waals surface area contributed by atoms with E-state index in [4.69, 9.17) is 18.9 Å². The van der Waals surface area contributed by atoms with Gasteiger partial charge < -0.3 is 33.6 Å². The van der Waals surface area contributed by atoms with E-state index in [-0.39, 0.29) is 52.8 Å². The Morgan fingerprint density at radius 3 is 2.42 bits per heavy atom. The maximum absolute atomic E-state index is 13.0. The van der Waals surface area contributed by atoms with Crippen LogP contribution in [0.2, 0.25) is 0 Å². The number of ether oxygens (including phenoxy) is 4. The van der Waals surface area contributed by atoms with Crippen LogP contribution in [0.25, 0.3) is 0 Å². The molecule has 0 aromatic heterocycles. The summed E-state index contributed by atoms with van der Waals surface area (Å²) in [7, 11) is 5.35. The molecule has 5 rings (SSSR count). The molecule has 6 atom stereocenters. The summed E-state index contributed by atoms with van der Waals surface area (Å²) in [4.78, 5) is 31.2. The predicted octanol–water partition coefficient (Wildman–Crippen LogP) is 2.93. The van der Waals surface area contributed by atoms with Crippen molar-refractivity contribution < 1.29 is 28.5 Å². The van der Waals surface area contributed by atoms with Crippen LogP contribution in [0.1, 0.15) is 53.4 Å². The molecule has 38 heavy (non-hydrogen) atoms. The lowest BCUT2D eigenvalue weighted by Crippen LogP contribution is -2.62. The van der Waals surface area contributed by atoms with Gasteiger partial charge in [-0.3, -0.25) is 4.79 Å². The lowest BCUT2D eigenvalue weighted by molar-refractivity contribution is -0.149. The number of nitrogens with zero attached hydrogens (tertiary/aromatic N) is 3. The summed E-state index contributed by atoms with van der Waals surface area (Å²) in [5, 5.41) is 0. The average Bonchev–Trinajstić information content (AvgIpc) is 3.72. The molecule has 0 N–H and O–H groups in total. The molecule has 1 aliphatic carbocycles. The van der Waals surface area contributed by atoms with Crippen LogP contribution in [-0.4, -0.2) is 117 Å². The van der Waals surface area contributed by atoms with E-state index in [0.717, 1.165) is 65.0 Å². The molecule has 1 saturated carbocycles. The minimum absolute atomic E-state index is 0.0350. The second-order valence-corrected chi connectivity index (χ2v) is 13.3. The van der Waals surface area contributed by atoms with Crippen LogP contribution in [0.4, 0.5) is 4.79 Å². The van der Waals surface area contributed by atoms with Crippen LogP contribution < -0.4 is 0 Å². The number of amides is 2. The highest BCUT2D eigenvalue weighted by molar-refractivity contribution is 5.83. The molecular formula is C29H47N3O6. The zero-order chi connectivity index (χ0) is 27.5. The van der Waals surface area contributed by atoms with Crippen molar-refractivity contribution in [2.75, 3.05) is 60.5 Å². The fourth-order valence-corrected chi connectivity index (χ4v) is 7.31. The Morgan fingerprint density at radius 1 is 1.16 bits per heavy atom. The minimum Gasteiger partial charge on any atom is -0.443 e. The van der Waals surface area contributed by atoms with E-state index in [0.29, 0.717) is 5.92 Å². The van der Waals surface area contributed by atoms with Gasteiger partial charge in [0.05, 0.1) is 24.0 Å². The molecule has 9 heteroatoms. The number of hydrogen-bond donors (Lipinski definition) is 0. The third-order valence-electron chi connectivity index (χ3n) is 9.63. The number of hydrogen-bond acceptors (Lipinski definition) is 7. The number of epoxide rings is 2. The molecule has 4 saturated heterocycles. The fourth-order valence-electron chi connectivity index (χ4n) is 7.31. The van der Waals surface area contributed by atoms with Crippen molar-refractivity contribution >= 4 is 12.0 Å². The molecular weight excluding hydrogens is 486 g/mol. The lowest BCUT2D eigenvalue weighted by Gasteiger charge is -2.49. The first-order valence-corrected chi connectivity index (χ1v) is 14.3. The van der Waals surface area contributed by atoms with E-state index in [2.05, 4.69) is 31.7 Å². The molecule has 5 aliphatic rings. The summed E-state index contributed by atoms with van der Waals surface area (Å²) in [6.45, 7) is 13.2. The smallest absolute Gasteiger partial charge is 0.410 e. The zero-order valence-electron chi connectivity index (χ0n) is 24.3. The van der Waals surface area contributed by atoms with Gasteiger partial charge in [-0.2, -0.15) is 0 Å². The summed E-state index contributed by atoms with van der Waals surface area (Å²) < 4.78 is 24.4. The number of carbonyl (C=O) groups is 2. The van der Waals surface area contributed by atoms with Gasteiger partial charge in [0.25, 0.3) is 0 Å². The molecule has 9 nitrogen and oxygen atoms in total. The Morgan fingerprint density at radius 2 is 1.84 bits per heavy atom. The SMILES string of the molecule is CO[C@@H]1[C@H](OC(=O)N2CC(CCN3CC(C)(C(=O)N(C)C)C3)C2)CC[C@]2(CO2)[C@H]1[C@@]1(C)O[C@@H]1CC=C(C)C. The van der Waals surface area contributed by atoms with Gasteiger partial charge in [-0.15, -0.1) is 0 Å². The lowest BCUT2D eigenvalue weighted by atomic mass is 9.68. The third kappa shape index (κ3) is 5.11. The second-order valence-electron chi connectivity index (χ2n) is 13.3. The summed E-state index contributed by atoms with van der Waals surface area (Å²) in [6, 6.07) is 0. The van der Waals surface area contributed by atoms with E-state index < -0.39 is 0 Å². The number of methoxy groups -OCH3 is 1. The molecule has 2 amide bonds. The van der Waals surface area contributed by atoms with Gasteiger partial charge in [-0.1, -0.05) is 11.6 Å². The van der Waals surface area contributed by atoms with E-state index >= 15 is 0 Å². The van der Waals surface area contributed by atoms with E-state index in [1.165, 1.54) is 5.57 Å². The van der Waals surface area contributed by atoms with Gasteiger partial charge in [-0.05, 0) is 65.8 Å². The van der Waals surface area contributed by atoms with Crippen molar-refractivity contribution in [3.05, 3.63) is 11.6 Å². The van der Waals surface area contributed by atoms with Gasteiger partial charge in [0.1, 0.15) is 23.4 Å². The second kappa shape index (κ2) is 10.1. The molecule has 4 heterocycles. The van der Waals surface area contributed by atoms with E-state index in [9.17, 15) is 9.59 Å². The Bertz CT molecular complexity index is 948. The van der Waals surface area contributed by atoms with Crippen molar-refractivity contribution in [3.63, 3.8) is 0 Å². The van der Waals surface area contributed by atoms with Crippen molar-refractivity contribution in [2.45, 2.75) is 82.9 Å². The molecule has 0 aromatic carbocycles. The minimum atomic E-state index is -0.333. The highest BCUT2D eigenvalue weighted by Crippen LogP contribution is 2.59. The molecule has 1 spiro atoms. The first-order valence-electron chi connectivity index (χ1n) is 14.3. The quantitative estimate of drug-likeness (QED) is 0.333. The number of allylic oxidation sites excluding steroid dienone is 1. The normalized spacial score (nSPS) is 37.7. The van der Waals surface area contributed by atoms with Crippen LogP contribution >= 0.6 is 0 Å². The van der Waals surface area contributed by atoms with E-state index in [1.54, 1.807) is 12.0 Å². The highest BCUT2D eigenvalue weighted by Gasteiger charge is 2.72. The number of carbonyl (C=O) groups excluding carboxylic acids is 2. The first kappa shape index (κ1) is 27.9. The summed E-state index contributed by atoms with van der Waals surface area (Å²) in [5.41, 5.74) is 0.478. The zero-order valence-corrected chi connectivity index (χ0v) is 24.3. The van der Waals surface area contributed by atoms with Gasteiger partial charge in [0.15, 0.2) is 0 Å². The number of likely N-dealkylation sites (tertiary alicyclic amines) is 2. The summed E-state index contributed by atoms with van der Waals surface area (Å²) in [5.74, 6) is 0.720. The molecule has 0 bridgehead atoms. The maximum Gasteiger partial charge on any atom is 0.410 e. The monoisotopic (exact) mass is 533 g/mol. The standard InChI is InChI=1S/C29H47N3O6/c1-19(2)8-9-22-28(4,38-22)24-23(35-7)21(10-12-29(24)18-36-29)37-26(34)32-14-20(15-32)11-13-31-16-27(3,17-31)25(33)30(5)6/h8,20-24H,9-18H2,1-7H3/t21-,22-,23-,24-,28+,29+/m1/s1. The summed E-state index contributed by atoms with van der Waals surface area (Å²) in [6.07, 6.45) is 5.08. The first-order chi connectivity index (χ1) is 17.9. The van der Waals surface area contributed by atoms with Gasteiger partial charge in [-0.25, -0.2) is 4.79 Å². The van der Waals surface area contributed by atoms with Crippen molar-refractivity contribution in [3.8, 4) is 0 Å². The van der Waals surface area contributed by atoms with E-state index in [1.807, 2.05) is 25.9 Å². The fraction of sp³-hybridized carbons (Fsp3) is 0.862. The van der Waals surface area contributed by atoms with Crippen LogP contribution in [-0.2, 0) is 23.7 Å². The molecule has 5 fully saturated rings. The van der Waals surface area contributed by atoms with Crippen LogP contribution in [0, 0.1) is 17.3 Å². The Kier molecular flexibility index (Phi) is 7.38. The van der Waals surface area contributed by atoms with Gasteiger partial charge >= 0.3 is 6.09 Å². The molecule has 0 radical (unpaired) electrons. The van der Waals surface area contributed by atoms with Gasteiger partial charge in [0.2, 0.25) is 5.91 Å². The largest absolute Gasteiger partial charge is 0.443 e.